The summed E-state index contributed by atoms with van der Waals surface area (Å²) in [5.74, 6) is 1.83. The van der Waals surface area contributed by atoms with Crippen molar-refractivity contribution in [2.45, 2.75) is 54.1 Å². The number of hydrogen-bond acceptors (Lipinski definition) is 1. The van der Waals surface area contributed by atoms with Crippen LogP contribution in [0.25, 0.3) is 0 Å². The van der Waals surface area contributed by atoms with Gasteiger partial charge in [0.2, 0.25) is 0 Å². The molecule has 1 N–H and O–H groups in total. The monoisotopic (exact) mass is 243 g/mol. The molecule has 0 radical (unpaired) electrons. The Kier molecular flexibility index (Phi) is 5.00. The molecule has 102 valence electrons. The Bertz CT molecular complexity index is 230. The van der Waals surface area contributed by atoms with Crippen molar-refractivity contribution in [3.8, 4) is 0 Å². The molecule has 4 atom stereocenters. The fourth-order valence-electron chi connectivity index (χ4n) is 3.59. The van der Waals surface area contributed by atoms with Gasteiger partial charge in [0.15, 0.2) is 0 Å². The van der Waals surface area contributed by atoms with Gasteiger partial charge in [-0.3, -0.25) is 0 Å². The van der Waals surface area contributed by atoms with Gasteiger partial charge in [-0.25, -0.2) is 4.39 Å². The summed E-state index contributed by atoms with van der Waals surface area (Å²) in [5.41, 5.74) is 0.272. The molecule has 1 aliphatic rings. The highest BCUT2D eigenvalue weighted by atomic mass is 19.1. The first-order valence-corrected chi connectivity index (χ1v) is 7.10. The van der Waals surface area contributed by atoms with Crippen molar-refractivity contribution in [3.05, 3.63) is 0 Å². The Labute approximate surface area is 107 Å². The number of nitrogens with one attached hydrogen (secondary N) is 1. The summed E-state index contributed by atoms with van der Waals surface area (Å²) in [4.78, 5) is 0. The lowest BCUT2D eigenvalue weighted by Gasteiger charge is -2.42. The highest BCUT2D eigenvalue weighted by Gasteiger charge is 2.41. The molecule has 0 amide bonds. The Morgan fingerprint density at radius 3 is 2.18 bits per heavy atom. The second-order valence-electron chi connectivity index (χ2n) is 7.13. The summed E-state index contributed by atoms with van der Waals surface area (Å²) in [5, 5.41) is 3.43. The van der Waals surface area contributed by atoms with Crippen molar-refractivity contribution >= 4 is 0 Å². The van der Waals surface area contributed by atoms with Crippen molar-refractivity contribution in [3.63, 3.8) is 0 Å². The summed E-state index contributed by atoms with van der Waals surface area (Å²) in [6, 6.07) is 0. The van der Waals surface area contributed by atoms with E-state index in [9.17, 15) is 4.39 Å². The van der Waals surface area contributed by atoms with Crippen molar-refractivity contribution in [1.82, 2.24) is 5.32 Å². The van der Waals surface area contributed by atoms with Gasteiger partial charge in [-0.1, -0.05) is 34.6 Å². The normalized spacial score (nSPS) is 33.5. The van der Waals surface area contributed by atoms with Crippen LogP contribution in [0.1, 0.15) is 48.0 Å². The number of alkyl halides is 1. The molecule has 2 heteroatoms. The van der Waals surface area contributed by atoms with E-state index in [0.29, 0.717) is 17.8 Å². The van der Waals surface area contributed by atoms with Crippen LogP contribution >= 0.6 is 0 Å². The SMILES string of the molecule is CC(C)C1C(C(C)F)CNCCC1C(C)(C)C. The van der Waals surface area contributed by atoms with Gasteiger partial charge in [0.05, 0.1) is 0 Å². The summed E-state index contributed by atoms with van der Waals surface area (Å²) >= 11 is 0. The minimum atomic E-state index is -0.710. The smallest absolute Gasteiger partial charge is 0.102 e. The molecule has 0 bridgehead atoms. The average Bonchev–Trinajstić information content (AvgIpc) is 2.37. The van der Waals surface area contributed by atoms with E-state index in [-0.39, 0.29) is 11.3 Å². The zero-order valence-electron chi connectivity index (χ0n) is 12.4. The highest BCUT2D eigenvalue weighted by Crippen LogP contribution is 2.44. The lowest BCUT2D eigenvalue weighted by molar-refractivity contribution is 0.0472. The minimum Gasteiger partial charge on any atom is -0.316 e. The molecule has 1 aliphatic heterocycles. The van der Waals surface area contributed by atoms with Crippen LogP contribution in [0.5, 0.6) is 0 Å². The number of rotatable bonds is 2. The number of hydrogen-bond donors (Lipinski definition) is 1. The van der Waals surface area contributed by atoms with Crippen LogP contribution in [-0.4, -0.2) is 19.3 Å². The Morgan fingerprint density at radius 1 is 1.18 bits per heavy atom. The molecule has 1 rings (SSSR count). The first kappa shape index (κ1) is 14.9. The van der Waals surface area contributed by atoms with Gasteiger partial charge in [-0.2, -0.15) is 0 Å². The van der Waals surface area contributed by atoms with Crippen LogP contribution in [0.4, 0.5) is 4.39 Å². The van der Waals surface area contributed by atoms with E-state index in [0.717, 1.165) is 13.1 Å². The maximum atomic E-state index is 13.9. The van der Waals surface area contributed by atoms with Crippen LogP contribution < -0.4 is 5.32 Å². The van der Waals surface area contributed by atoms with Crippen molar-refractivity contribution in [2.24, 2.45) is 29.1 Å². The summed E-state index contributed by atoms with van der Waals surface area (Å²) < 4.78 is 13.9. The molecular formula is C15H30FN. The first-order chi connectivity index (χ1) is 7.75. The van der Waals surface area contributed by atoms with E-state index < -0.39 is 6.17 Å². The van der Waals surface area contributed by atoms with E-state index in [1.807, 2.05) is 0 Å². The molecule has 0 saturated carbocycles. The van der Waals surface area contributed by atoms with Crippen LogP contribution in [-0.2, 0) is 0 Å². The second-order valence-corrected chi connectivity index (χ2v) is 7.13. The molecule has 1 fully saturated rings. The van der Waals surface area contributed by atoms with Gasteiger partial charge >= 0.3 is 0 Å². The second kappa shape index (κ2) is 5.69. The minimum absolute atomic E-state index is 0.168. The molecule has 0 aliphatic carbocycles. The molecular weight excluding hydrogens is 213 g/mol. The summed E-state index contributed by atoms with van der Waals surface area (Å²) in [6.45, 7) is 15.0. The third kappa shape index (κ3) is 3.67. The predicted octanol–water partition coefficient (Wildman–Crippen LogP) is 3.89. The topological polar surface area (TPSA) is 12.0 Å². The Hall–Kier alpha value is -0.110. The van der Waals surface area contributed by atoms with Gasteiger partial charge in [0.1, 0.15) is 6.17 Å². The van der Waals surface area contributed by atoms with E-state index in [1.165, 1.54) is 6.42 Å². The quantitative estimate of drug-likeness (QED) is 0.776. The van der Waals surface area contributed by atoms with Crippen LogP contribution in [0.2, 0.25) is 0 Å². The lowest BCUT2D eigenvalue weighted by Crippen LogP contribution is -2.40. The van der Waals surface area contributed by atoms with E-state index in [2.05, 4.69) is 39.9 Å². The molecule has 0 aromatic rings. The van der Waals surface area contributed by atoms with E-state index in [1.54, 1.807) is 6.92 Å². The zero-order chi connectivity index (χ0) is 13.2. The molecule has 0 aromatic carbocycles. The van der Waals surface area contributed by atoms with Gasteiger partial charge in [0, 0.05) is 12.5 Å². The highest BCUT2D eigenvalue weighted by molar-refractivity contribution is 4.91. The van der Waals surface area contributed by atoms with Crippen LogP contribution in [0.15, 0.2) is 0 Å². The molecule has 0 aromatic heterocycles. The molecule has 0 spiro atoms. The Balaban J connectivity index is 3.00. The van der Waals surface area contributed by atoms with Crippen LogP contribution in [0.3, 0.4) is 0 Å². The van der Waals surface area contributed by atoms with Crippen LogP contribution in [0, 0.1) is 29.1 Å². The third-order valence-electron chi connectivity index (χ3n) is 4.44. The van der Waals surface area contributed by atoms with Gasteiger partial charge < -0.3 is 5.32 Å². The number of halogens is 1. The molecule has 1 nitrogen and oxygen atoms in total. The van der Waals surface area contributed by atoms with E-state index in [4.69, 9.17) is 0 Å². The third-order valence-corrected chi connectivity index (χ3v) is 4.44. The van der Waals surface area contributed by atoms with Crippen molar-refractivity contribution in [2.75, 3.05) is 13.1 Å². The summed E-state index contributed by atoms with van der Waals surface area (Å²) in [7, 11) is 0. The molecule has 17 heavy (non-hydrogen) atoms. The molecule has 1 heterocycles. The molecule has 4 unspecified atom stereocenters. The fraction of sp³-hybridized carbons (Fsp3) is 1.00. The standard InChI is InChI=1S/C15H30FN/c1-10(2)14-12(11(3)16)9-17-8-7-13(14)15(4,5)6/h10-14,17H,7-9H2,1-6H3. The predicted molar refractivity (Wildman–Crippen MR) is 72.8 cm³/mol. The van der Waals surface area contributed by atoms with Crippen molar-refractivity contribution < 1.29 is 4.39 Å². The maximum Gasteiger partial charge on any atom is 0.102 e. The first-order valence-electron chi connectivity index (χ1n) is 7.10. The van der Waals surface area contributed by atoms with Gasteiger partial charge in [0.25, 0.3) is 0 Å². The zero-order valence-corrected chi connectivity index (χ0v) is 12.4. The largest absolute Gasteiger partial charge is 0.316 e. The average molecular weight is 243 g/mol. The summed E-state index contributed by atoms with van der Waals surface area (Å²) in [6.07, 6.45) is 0.466. The van der Waals surface area contributed by atoms with E-state index >= 15 is 0 Å². The lowest BCUT2D eigenvalue weighted by atomic mass is 9.63. The maximum absolute atomic E-state index is 13.9. The van der Waals surface area contributed by atoms with Crippen molar-refractivity contribution in [1.29, 1.82) is 0 Å². The van der Waals surface area contributed by atoms with Gasteiger partial charge in [-0.05, 0) is 43.1 Å². The fourth-order valence-corrected chi connectivity index (χ4v) is 3.59. The van der Waals surface area contributed by atoms with Gasteiger partial charge in [-0.15, -0.1) is 0 Å². The molecule has 1 saturated heterocycles. The Morgan fingerprint density at radius 2 is 1.76 bits per heavy atom.